The Hall–Kier alpha value is -3.93. The first kappa shape index (κ1) is 20.3. The van der Waals surface area contributed by atoms with E-state index in [9.17, 15) is 14.4 Å². The number of rotatable bonds is 4. The van der Waals surface area contributed by atoms with E-state index in [0.29, 0.717) is 22.6 Å². The number of para-hydroxylation sites is 2. The maximum absolute atomic E-state index is 13.4. The predicted octanol–water partition coefficient (Wildman–Crippen LogP) is 4.30. The van der Waals surface area contributed by atoms with Gasteiger partial charge < -0.3 is 10.6 Å². The van der Waals surface area contributed by atoms with Crippen molar-refractivity contribution in [3.05, 3.63) is 89.5 Å². The van der Waals surface area contributed by atoms with Crippen molar-refractivity contribution >= 4 is 34.8 Å². The molecule has 1 aliphatic heterocycles. The Morgan fingerprint density at radius 3 is 2.19 bits per heavy atom. The minimum atomic E-state index is -0.964. The third-order valence-corrected chi connectivity index (χ3v) is 5.27. The van der Waals surface area contributed by atoms with Gasteiger partial charge in [0.1, 0.15) is 6.04 Å². The van der Waals surface area contributed by atoms with Crippen LogP contribution in [0.3, 0.4) is 0 Å². The Bertz CT molecular complexity index is 1140. The van der Waals surface area contributed by atoms with Gasteiger partial charge in [0.25, 0.3) is 5.91 Å². The molecular formula is C25H23N3O3. The van der Waals surface area contributed by atoms with Crippen molar-refractivity contribution in [2.75, 3.05) is 15.5 Å². The van der Waals surface area contributed by atoms with E-state index in [1.54, 1.807) is 48.5 Å². The molecule has 1 unspecified atom stereocenters. The molecule has 0 saturated heterocycles. The van der Waals surface area contributed by atoms with Crippen molar-refractivity contribution in [1.29, 1.82) is 0 Å². The van der Waals surface area contributed by atoms with Crippen LogP contribution in [0.1, 0.15) is 27.9 Å². The Kier molecular flexibility index (Phi) is 5.54. The van der Waals surface area contributed by atoms with Crippen LogP contribution >= 0.6 is 0 Å². The van der Waals surface area contributed by atoms with Gasteiger partial charge in [0, 0.05) is 11.3 Å². The third kappa shape index (κ3) is 4.33. The predicted molar refractivity (Wildman–Crippen MR) is 121 cm³/mol. The van der Waals surface area contributed by atoms with E-state index in [1.165, 1.54) is 4.90 Å². The highest BCUT2D eigenvalue weighted by molar-refractivity contribution is 6.17. The van der Waals surface area contributed by atoms with Gasteiger partial charge in [-0.05, 0) is 50.2 Å². The maximum Gasteiger partial charge on any atom is 0.259 e. The molecule has 1 atom stereocenters. The number of carbonyl (C=O) groups excluding carboxylic acids is 3. The normalized spacial score (nSPS) is 15.1. The minimum Gasteiger partial charge on any atom is -0.326 e. The van der Waals surface area contributed by atoms with Gasteiger partial charge in [0.15, 0.2) is 0 Å². The van der Waals surface area contributed by atoms with E-state index in [2.05, 4.69) is 10.6 Å². The Labute approximate surface area is 180 Å². The Morgan fingerprint density at radius 1 is 0.903 bits per heavy atom. The molecule has 0 aliphatic carbocycles. The van der Waals surface area contributed by atoms with Gasteiger partial charge in [-0.3, -0.25) is 19.3 Å². The van der Waals surface area contributed by atoms with Crippen molar-refractivity contribution in [2.45, 2.75) is 26.3 Å². The van der Waals surface area contributed by atoms with Gasteiger partial charge in [-0.2, -0.15) is 0 Å². The molecule has 0 spiro atoms. The molecule has 156 valence electrons. The van der Waals surface area contributed by atoms with Gasteiger partial charge >= 0.3 is 0 Å². The molecule has 3 amide bonds. The standard InChI is InChI=1S/C25H23N3O3/c1-16-7-11-18(12-8-16)25(31)28-21-6-4-3-5-20(21)27-24(30)22(28)15-23(29)26-19-13-9-17(2)10-14-19/h3-14,22H,15H2,1-2H3,(H,26,29)(H,27,30). The van der Waals surface area contributed by atoms with Crippen molar-refractivity contribution in [3.63, 3.8) is 0 Å². The molecule has 0 fully saturated rings. The number of anilines is 3. The molecule has 1 heterocycles. The number of nitrogens with one attached hydrogen (secondary N) is 2. The molecule has 0 aromatic heterocycles. The maximum atomic E-state index is 13.4. The van der Waals surface area contributed by atoms with E-state index in [0.717, 1.165) is 11.1 Å². The molecule has 6 nitrogen and oxygen atoms in total. The van der Waals surface area contributed by atoms with Crippen LogP contribution in [0.5, 0.6) is 0 Å². The fraction of sp³-hybridized carbons (Fsp3) is 0.160. The second kappa shape index (κ2) is 8.44. The van der Waals surface area contributed by atoms with Crippen LogP contribution in [0, 0.1) is 13.8 Å². The summed E-state index contributed by atoms with van der Waals surface area (Å²) < 4.78 is 0. The lowest BCUT2D eigenvalue weighted by Crippen LogP contribution is -2.52. The highest BCUT2D eigenvalue weighted by atomic mass is 16.2. The van der Waals surface area contributed by atoms with E-state index in [1.807, 2.05) is 38.1 Å². The summed E-state index contributed by atoms with van der Waals surface area (Å²) in [5, 5.41) is 5.63. The fourth-order valence-electron chi connectivity index (χ4n) is 3.59. The summed E-state index contributed by atoms with van der Waals surface area (Å²) in [6, 6.07) is 20.7. The monoisotopic (exact) mass is 413 g/mol. The van der Waals surface area contributed by atoms with Gasteiger partial charge in [0.05, 0.1) is 17.8 Å². The summed E-state index contributed by atoms with van der Waals surface area (Å²) in [7, 11) is 0. The average molecular weight is 413 g/mol. The molecule has 4 rings (SSSR count). The zero-order chi connectivity index (χ0) is 22.0. The highest BCUT2D eigenvalue weighted by Gasteiger charge is 2.38. The van der Waals surface area contributed by atoms with Crippen LogP contribution in [0.15, 0.2) is 72.8 Å². The highest BCUT2D eigenvalue weighted by Crippen LogP contribution is 2.34. The number of hydrogen-bond acceptors (Lipinski definition) is 3. The van der Waals surface area contributed by atoms with Crippen molar-refractivity contribution in [3.8, 4) is 0 Å². The molecule has 0 radical (unpaired) electrons. The van der Waals surface area contributed by atoms with E-state index >= 15 is 0 Å². The molecule has 1 aliphatic rings. The lowest BCUT2D eigenvalue weighted by molar-refractivity contribution is -0.122. The van der Waals surface area contributed by atoms with E-state index in [-0.39, 0.29) is 18.2 Å². The van der Waals surface area contributed by atoms with E-state index in [4.69, 9.17) is 0 Å². The lowest BCUT2D eigenvalue weighted by atomic mass is 10.0. The second-order valence-corrected chi connectivity index (χ2v) is 7.68. The first-order valence-electron chi connectivity index (χ1n) is 10.1. The molecule has 0 saturated carbocycles. The number of nitrogens with zero attached hydrogens (tertiary/aromatic N) is 1. The first-order valence-corrected chi connectivity index (χ1v) is 10.1. The summed E-state index contributed by atoms with van der Waals surface area (Å²) in [6.45, 7) is 3.90. The zero-order valence-corrected chi connectivity index (χ0v) is 17.4. The van der Waals surface area contributed by atoms with Crippen LogP contribution in [-0.4, -0.2) is 23.8 Å². The Morgan fingerprint density at radius 2 is 1.52 bits per heavy atom. The smallest absolute Gasteiger partial charge is 0.259 e. The quantitative estimate of drug-likeness (QED) is 0.669. The molecule has 2 N–H and O–H groups in total. The summed E-state index contributed by atoms with van der Waals surface area (Å²) in [6.07, 6.45) is -0.161. The van der Waals surface area contributed by atoms with Crippen molar-refractivity contribution in [1.82, 2.24) is 0 Å². The number of fused-ring (bicyclic) bond motifs is 1. The third-order valence-electron chi connectivity index (χ3n) is 5.27. The van der Waals surface area contributed by atoms with Crippen LogP contribution in [0.2, 0.25) is 0 Å². The van der Waals surface area contributed by atoms with Crippen LogP contribution in [0.25, 0.3) is 0 Å². The summed E-state index contributed by atoms with van der Waals surface area (Å²) in [4.78, 5) is 40.5. The lowest BCUT2D eigenvalue weighted by Gasteiger charge is -2.36. The molecule has 3 aromatic carbocycles. The van der Waals surface area contributed by atoms with Gasteiger partial charge in [-0.1, -0.05) is 47.5 Å². The zero-order valence-electron chi connectivity index (χ0n) is 17.4. The first-order chi connectivity index (χ1) is 14.9. The van der Waals surface area contributed by atoms with Gasteiger partial charge in [-0.15, -0.1) is 0 Å². The largest absolute Gasteiger partial charge is 0.326 e. The number of hydrogen-bond donors (Lipinski definition) is 2. The molecule has 6 heteroatoms. The number of carbonyl (C=O) groups is 3. The fourth-order valence-corrected chi connectivity index (χ4v) is 3.59. The van der Waals surface area contributed by atoms with Crippen LogP contribution in [0.4, 0.5) is 17.1 Å². The summed E-state index contributed by atoms with van der Waals surface area (Å²) in [5.74, 6) is -1.06. The summed E-state index contributed by atoms with van der Waals surface area (Å²) >= 11 is 0. The topological polar surface area (TPSA) is 78.5 Å². The van der Waals surface area contributed by atoms with Crippen LogP contribution < -0.4 is 15.5 Å². The molecule has 3 aromatic rings. The molecule has 0 bridgehead atoms. The van der Waals surface area contributed by atoms with Crippen LogP contribution in [-0.2, 0) is 9.59 Å². The SMILES string of the molecule is Cc1ccc(NC(=O)CC2C(=O)Nc3ccccc3N2C(=O)c2ccc(C)cc2)cc1. The summed E-state index contributed by atoms with van der Waals surface area (Å²) in [5.41, 5.74) is 4.32. The average Bonchev–Trinajstić information content (AvgIpc) is 2.76. The Balaban J connectivity index is 1.64. The molecular weight excluding hydrogens is 390 g/mol. The van der Waals surface area contributed by atoms with Gasteiger partial charge in [0.2, 0.25) is 11.8 Å². The number of amides is 3. The molecule has 31 heavy (non-hydrogen) atoms. The van der Waals surface area contributed by atoms with Gasteiger partial charge in [-0.25, -0.2) is 0 Å². The minimum absolute atomic E-state index is 0.161. The number of benzene rings is 3. The van der Waals surface area contributed by atoms with Crippen molar-refractivity contribution < 1.29 is 14.4 Å². The van der Waals surface area contributed by atoms with E-state index < -0.39 is 11.9 Å². The second-order valence-electron chi connectivity index (χ2n) is 7.68. The number of aryl methyl sites for hydroxylation is 2. The van der Waals surface area contributed by atoms with Crippen molar-refractivity contribution in [2.24, 2.45) is 0 Å².